The van der Waals surface area contributed by atoms with E-state index in [-0.39, 0.29) is 17.0 Å². The molecule has 2 aromatic heterocycles. The average Bonchev–Trinajstić information content (AvgIpc) is 3.60. The Kier molecular flexibility index (Phi) is 7.27. The SMILES string of the molecule is CC(C)(C)[Si](C)(C)OC1CC(=O)N(C2CCN(Cc3c[nH]c4cc(Oc5nc6ccccc6s5)ccc34)CC2)C1. The molecule has 0 spiro atoms. The molecule has 9 heteroatoms. The Morgan fingerprint density at radius 1 is 1.12 bits per heavy atom. The molecule has 0 aliphatic carbocycles. The third kappa shape index (κ3) is 5.57. The Labute approximate surface area is 241 Å². The summed E-state index contributed by atoms with van der Waals surface area (Å²) in [6.07, 6.45) is 4.72. The monoisotopic (exact) mass is 576 g/mol. The zero-order valence-electron chi connectivity index (χ0n) is 24.2. The Bertz CT molecular complexity index is 1480. The first kappa shape index (κ1) is 27.4. The number of thiazole rings is 1. The second-order valence-electron chi connectivity index (χ2n) is 12.8. The molecule has 2 fully saturated rings. The molecule has 4 aromatic rings. The van der Waals surface area contributed by atoms with Gasteiger partial charge in [-0.2, -0.15) is 0 Å². The molecule has 2 aromatic carbocycles. The van der Waals surface area contributed by atoms with Crippen LogP contribution in [0.1, 0.15) is 45.6 Å². The molecular formula is C31H40N4O3SSi. The van der Waals surface area contributed by atoms with Crippen LogP contribution in [0, 0.1) is 0 Å². The van der Waals surface area contributed by atoms with E-state index >= 15 is 0 Å². The van der Waals surface area contributed by atoms with Crippen LogP contribution in [-0.4, -0.2) is 65.8 Å². The number of hydrogen-bond acceptors (Lipinski definition) is 6. The number of piperidine rings is 1. The highest BCUT2D eigenvalue weighted by Crippen LogP contribution is 2.39. The lowest BCUT2D eigenvalue weighted by Gasteiger charge is -2.39. The number of aromatic amines is 1. The molecule has 2 aliphatic rings. The lowest BCUT2D eigenvalue weighted by atomic mass is 10.0. The molecule has 1 N–H and O–H groups in total. The highest BCUT2D eigenvalue weighted by atomic mass is 32.1. The van der Waals surface area contributed by atoms with Gasteiger partial charge in [0.25, 0.3) is 5.19 Å². The molecule has 212 valence electrons. The maximum absolute atomic E-state index is 12.9. The maximum Gasteiger partial charge on any atom is 0.279 e. The predicted molar refractivity (Wildman–Crippen MR) is 165 cm³/mol. The summed E-state index contributed by atoms with van der Waals surface area (Å²) >= 11 is 1.56. The number of carbonyl (C=O) groups excluding carboxylic acids is 1. The summed E-state index contributed by atoms with van der Waals surface area (Å²) in [7, 11) is -1.88. The summed E-state index contributed by atoms with van der Waals surface area (Å²) in [5.41, 5.74) is 3.32. The van der Waals surface area contributed by atoms with Gasteiger partial charge in [-0.1, -0.05) is 44.2 Å². The first-order valence-corrected chi connectivity index (χ1v) is 18.1. The lowest BCUT2D eigenvalue weighted by Crippen LogP contribution is -2.47. The second-order valence-corrected chi connectivity index (χ2v) is 18.6. The van der Waals surface area contributed by atoms with E-state index in [9.17, 15) is 4.79 Å². The van der Waals surface area contributed by atoms with Gasteiger partial charge in [0.2, 0.25) is 5.91 Å². The molecule has 1 atom stereocenters. The fraction of sp³-hybridized carbons (Fsp3) is 0.484. The van der Waals surface area contributed by atoms with E-state index in [1.807, 2.05) is 24.3 Å². The molecule has 0 saturated carbocycles. The molecule has 6 rings (SSSR count). The predicted octanol–water partition coefficient (Wildman–Crippen LogP) is 7.16. The van der Waals surface area contributed by atoms with Gasteiger partial charge in [-0.3, -0.25) is 9.69 Å². The molecule has 2 saturated heterocycles. The van der Waals surface area contributed by atoms with E-state index < -0.39 is 8.32 Å². The fourth-order valence-corrected chi connectivity index (χ4v) is 7.89. The van der Waals surface area contributed by atoms with Crippen molar-refractivity contribution in [2.24, 2.45) is 0 Å². The smallest absolute Gasteiger partial charge is 0.279 e. The van der Waals surface area contributed by atoms with E-state index in [0.29, 0.717) is 17.7 Å². The van der Waals surface area contributed by atoms with Gasteiger partial charge >= 0.3 is 0 Å². The number of hydrogen-bond donors (Lipinski definition) is 1. The van der Waals surface area contributed by atoms with Gasteiger partial charge in [0.1, 0.15) is 5.75 Å². The van der Waals surface area contributed by atoms with Crippen molar-refractivity contribution in [2.75, 3.05) is 19.6 Å². The van der Waals surface area contributed by atoms with Crippen LogP contribution in [-0.2, 0) is 15.8 Å². The van der Waals surface area contributed by atoms with E-state index in [1.54, 1.807) is 11.3 Å². The number of likely N-dealkylation sites (tertiary alicyclic amines) is 2. The van der Waals surface area contributed by atoms with Crippen LogP contribution in [0.25, 0.3) is 21.1 Å². The van der Waals surface area contributed by atoms with Crippen molar-refractivity contribution < 1.29 is 14.0 Å². The summed E-state index contributed by atoms with van der Waals surface area (Å²) in [5, 5.41) is 2.03. The molecular weight excluding hydrogens is 537 g/mol. The van der Waals surface area contributed by atoms with E-state index in [1.165, 1.54) is 10.9 Å². The van der Waals surface area contributed by atoms with Crippen molar-refractivity contribution in [2.45, 2.75) is 76.9 Å². The Hall–Kier alpha value is -2.72. The van der Waals surface area contributed by atoms with Crippen molar-refractivity contribution in [1.82, 2.24) is 19.8 Å². The van der Waals surface area contributed by atoms with E-state index in [0.717, 1.165) is 60.5 Å². The second kappa shape index (κ2) is 10.6. The zero-order chi connectivity index (χ0) is 28.1. The number of nitrogens with zero attached hydrogens (tertiary/aromatic N) is 3. The van der Waals surface area contributed by atoms with Crippen molar-refractivity contribution in [3.8, 4) is 10.9 Å². The number of fused-ring (bicyclic) bond motifs is 2. The summed E-state index contributed by atoms with van der Waals surface area (Å²) in [4.78, 5) is 25.6. The number of aromatic nitrogens is 2. The van der Waals surface area contributed by atoms with Crippen LogP contribution in [0.3, 0.4) is 0 Å². The quantitative estimate of drug-likeness (QED) is 0.237. The highest BCUT2D eigenvalue weighted by molar-refractivity contribution is 7.20. The van der Waals surface area contributed by atoms with Crippen molar-refractivity contribution in [1.29, 1.82) is 0 Å². The first-order valence-electron chi connectivity index (χ1n) is 14.4. The minimum atomic E-state index is -1.88. The van der Waals surface area contributed by atoms with Gasteiger partial charge in [0, 0.05) is 55.4 Å². The molecule has 0 radical (unpaired) electrons. The number of amides is 1. The van der Waals surface area contributed by atoms with Gasteiger partial charge in [-0.05, 0) is 60.8 Å². The van der Waals surface area contributed by atoms with Crippen molar-refractivity contribution in [3.63, 3.8) is 0 Å². The summed E-state index contributed by atoms with van der Waals surface area (Å²) < 4.78 is 13.8. The Balaban J connectivity index is 1.04. The number of para-hydroxylation sites is 1. The Morgan fingerprint density at radius 3 is 2.65 bits per heavy atom. The van der Waals surface area contributed by atoms with Gasteiger partial charge in [-0.25, -0.2) is 4.98 Å². The van der Waals surface area contributed by atoms with Gasteiger partial charge in [0.05, 0.1) is 22.7 Å². The van der Waals surface area contributed by atoms with Gasteiger partial charge in [0.15, 0.2) is 8.32 Å². The number of rotatable bonds is 7. The normalized spacial score (nSPS) is 19.8. The fourth-order valence-electron chi connectivity index (χ4n) is 5.71. The van der Waals surface area contributed by atoms with Crippen LogP contribution >= 0.6 is 11.3 Å². The zero-order valence-corrected chi connectivity index (χ0v) is 26.0. The summed E-state index contributed by atoms with van der Waals surface area (Å²) in [5.74, 6) is 1.05. The minimum Gasteiger partial charge on any atom is -0.431 e. The third-order valence-corrected chi connectivity index (χ3v) is 14.4. The van der Waals surface area contributed by atoms with Crippen LogP contribution in [0.5, 0.6) is 10.9 Å². The summed E-state index contributed by atoms with van der Waals surface area (Å²) in [6.45, 7) is 15.0. The number of carbonyl (C=O) groups is 1. The van der Waals surface area contributed by atoms with Crippen molar-refractivity contribution >= 4 is 46.7 Å². The number of benzene rings is 2. The van der Waals surface area contributed by atoms with E-state index in [2.05, 4.69) is 78.0 Å². The molecule has 1 amide bonds. The van der Waals surface area contributed by atoms with Gasteiger partial charge < -0.3 is 19.0 Å². The Morgan fingerprint density at radius 2 is 1.90 bits per heavy atom. The average molecular weight is 577 g/mol. The maximum atomic E-state index is 12.9. The van der Waals surface area contributed by atoms with Crippen LogP contribution in [0.2, 0.25) is 18.1 Å². The van der Waals surface area contributed by atoms with E-state index in [4.69, 9.17) is 9.16 Å². The van der Waals surface area contributed by atoms with Gasteiger partial charge in [-0.15, -0.1) is 0 Å². The van der Waals surface area contributed by atoms with Crippen molar-refractivity contribution in [3.05, 3.63) is 54.2 Å². The number of ether oxygens (including phenoxy) is 1. The third-order valence-electron chi connectivity index (χ3n) is 9.00. The van der Waals surface area contributed by atoms with Crippen LogP contribution in [0.4, 0.5) is 0 Å². The van der Waals surface area contributed by atoms with Crippen LogP contribution < -0.4 is 4.74 Å². The molecule has 2 aliphatic heterocycles. The lowest BCUT2D eigenvalue weighted by molar-refractivity contribution is -0.130. The topological polar surface area (TPSA) is 70.7 Å². The summed E-state index contributed by atoms with van der Waals surface area (Å²) in [6, 6.07) is 14.6. The molecule has 4 heterocycles. The first-order chi connectivity index (χ1) is 19.1. The molecule has 7 nitrogen and oxygen atoms in total. The number of H-pyrrole nitrogens is 1. The molecule has 0 bridgehead atoms. The molecule has 1 unspecified atom stereocenters. The number of nitrogens with one attached hydrogen (secondary N) is 1. The molecule has 40 heavy (non-hydrogen) atoms. The largest absolute Gasteiger partial charge is 0.431 e. The van der Waals surface area contributed by atoms with Crippen LogP contribution in [0.15, 0.2) is 48.7 Å². The highest BCUT2D eigenvalue weighted by Gasteiger charge is 2.43. The minimum absolute atomic E-state index is 0.0427. The standard InChI is InChI=1S/C31H40N4O3SSi/c1-31(2,3)40(4,5)38-24-17-29(36)35(20-24)22-12-14-34(15-13-22)19-21-18-32-27-16-23(10-11-25(21)27)37-30-33-26-8-6-7-9-28(26)39-30/h6-11,16,18,22,24,32H,12-15,17,19-20H2,1-5H3.